The molecule has 0 bridgehead atoms. The number of para-hydroxylation sites is 1. The molecule has 2 amide bonds. The number of carbonyl (C=O) groups is 2. The molecule has 0 atom stereocenters. The van der Waals surface area contributed by atoms with Gasteiger partial charge in [0.2, 0.25) is 18.6 Å². The molecule has 38 heavy (non-hydrogen) atoms. The summed E-state index contributed by atoms with van der Waals surface area (Å²) in [5, 5.41) is 11.3. The summed E-state index contributed by atoms with van der Waals surface area (Å²) in [4.78, 5) is 29.5. The standard InChI is InChI=1S/C28H26FN5O4/c29-21-8-2-1-7-19(21)16-33(26(35)17-34-23-10-4-3-9-22(23)31-32-34)28(13-5-6-14-28)27(36)30-20-11-12-24-25(15-20)38-18-37-24/h1-4,7-12,15H,5-6,13-14,16-18H2,(H,30,36). The molecule has 0 spiro atoms. The topological polar surface area (TPSA) is 98.6 Å². The Morgan fingerprint density at radius 3 is 2.61 bits per heavy atom. The number of aromatic nitrogens is 3. The summed E-state index contributed by atoms with van der Waals surface area (Å²) in [7, 11) is 0. The van der Waals surface area contributed by atoms with E-state index in [1.807, 2.05) is 24.3 Å². The Labute approximate surface area is 218 Å². The summed E-state index contributed by atoms with van der Waals surface area (Å²) in [5.41, 5.74) is 1.08. The molecule has 2 heterocycles. The average molecular weight is 516 g/mol. The highest BCUT2D eigenvalue weighted by Gasteiger charge is 2.48. The summed E-state index contributed by atoms with van der Waals surface area (Å²) in [5.74, 6) is 0.0603. The maximum Gasteiger partial charge on any atom is 0.250 e. The van der Waals surface area contributed by atoms with Crippen molar-refractivity contribution < 1.29 is 23.5 Å². The van der Waals surface area contributed by atoms with Gasteiger partial charge in [-0.2, -0.15) is 0 Å². The Balaban J connectivity index is 1.35. The first-order valence-electron chi connectivity index (χ1n) is 12.6. The van der Waals surface area contributed by atoms with Crippen LogP contribution in [0.25, 0.3) is 11.0 Å². The van der Waals surface area contributed by atoms with E-state index in [0.717, 1.165) is 12.8 Å². The lowest BCUT2D eigenvalue weighted by molar-refractivity contribution is -0.147. The smallest absolute Gasteiger partial charge is 0.250 e. The molecule has 9 nitrogen and oxygen atoms in total. The lowest BCUT2D eigenvalue weighted by Gasteiger charge is -2.40. The second-order valence-electron chi connectivity index (χ2n) is 9.57. The van der Waals surface area contributed by atoms with Crippen molar-refractivity contribution in [3.05, 3.63) is 78.1 Å². The van der Waals surface area contributed by atoms with E-state index in [-0.39, 0.29) is 31.7 Å². The SMILES string of the molecule is O=C(Cn1nnc2ccccc21)N(Cc1ccccc1F)C1(C(=O)Nc2ccc3c(c2)OCO3)CCCC1. The summed E-state index contributed by atoms with van der Waals surface area (Å²) < 4.78 is 27.1. The number of amides is 2. The molecular formula is C28H26FN5O4. The minimum absolute atomic E-state index is 0.0489. The number of rotatable bonds is 7. The molecule has 1 N–H and O–H groups in total. The maximum absolute atomic E-state index is 14.8. The zero-order valence-electron chi connectivity index (χ0n) is 20.6. The number of fused-ring (bicyclic) bond motifs is 2. The molecule has 0 unspecified atom stereocenters. The summed E-state index contributed by atoms with van der Waals surface area (Å²) >= 11 is 0. The number of hydrogen-bond acceptors (Lipinski definition) is 6. The third-order valence-corrected chi connectivity index (χ3v) is 7.29. The van der Waals surface area contributed by atoms with Crippen molar-refractivity contribution in [1.29, 1.82) is 0 Å². The van der Waals surface area contributed by atoms with E-state index in [2.05, 4.69) is 15.6 Å². The van der Waals surface area contributed by atoms with Crippen LogP contribution < -0.4 is 14.8 Å². The number of carbonyl (C=O) groups excluding carboxylic acids is 2. The number of hydrogen-bond donors (Lipinski definition) is 1. The van der Waals surface area contributed by atoms with E-state index < -0.39 is 11.4 Å². The van der Waals surface area contributed by atoms with Gasteiger partial charge in [-0.25, -0.2) is 9.07 Å². The van der Waals surface area contributed by atoms with E-state index in [1.165, 1.54) is 15.6 Å². The first-order valence-corrected chi connectivity index (χ1v) is 12.6. The molecule has 0 saturated heterocycles. The second kappa shape index (κ2) is 9.77. The van der Waals surface area contributed by atoms with Crippen LogP contribution in [0, 0.1) is 5.82 Å². The molecule has 1 aromatic heterocycles. The van der Waals surface area contributed by atoms with Crippen LogP contribution >= 0.6 is 0 Å². The van der Waals surface area contributed by atoms with Crippen LogP contribution in [0.4, 0.5) is 10.1 Å². The Morgan fingerprint density at radius 2 is 1.76 bits per heavy atom. The van der Waals surface area contributed by atoms with Crippen molar-refractivity contribution in [2.75, 3.05) is 12.1 Å². The molecule has 1 saturated carbocycles. The molecule has 1 fully saturated rings. The summed E-state index contributed by atoms with van der Waals surface area (Å²) in [6.07, 6.45) is 2.45. The van der Waals surface area contributed by atoms with Gasteiger partial charge in [-0.3, -0.25) is 9.59 Å². The van der Waals surface area contributed by atoms with E-state index in [1.54, 1.807) is 36.4 Å². The van der Waals surface area contributed by atoms with Gasteiger partial charge < -0.3 is 19.7 Å². The summed E-state index contributed by atoms with van der Waals surface area (Å²) in [6.45, 7) is -0.0563. The number of benzene rings is 3. The maximum atomic E-state index is 14.8. The molecule has 3 aromatic carbocycles. The van der Waals surface area contributed by atoms with Gasteiger partial charge >= 0.3 is 0 Å². The lowest BCUT2D eigenvalue weighted by Crippen LogP contribution is -2.57. The molecule has 1 aliphatic heterocycles. The molecule has 1 aliphatic carbocycles. The Kier molecular flexibility index (Phi) is 6.15. The fourth-order valence-corrected chi connectivity index (χ4v) is 5.32. The third kappa shape index (κ3) is 4.31. The van der Waals surface area contributed by atoms with Crippen LogP contribution in [-0.4, -0.2) is 44.0 Å². The van der Waals surface area contributed by atoms with Gasteiger partial charge in [-0.1, -0.05) is 48.4 Å². The van der Waals surface area contributed by atoms with Crippen molar-refractivity contribution in [3.63, 3.8) is 0 Å². The first-order chi connectivity index (χ1) is 18.5. The molecular weight excluding hydrogens is 489 g/mol. The molecule has 194 valence electrons. The normalized spacial score (nSPS) is 15.5. The fourth-order valence-electron chi connectivity index (χ4n) is 5.32. The van der Waals surface area contributed by atoms with Crippen LogP contribution in [0.1, 0.15) is 31.2 Å². The first kappa shape index (κ1) is 23.9. The van der Waals surface area contributed by atoms with Gasteiger partial charge in [-0.15, -0.1) is 5.10 Å². The van der Waals surface area contributed by atoms with Gasteiger partial charge in [0.1, 0.15) is 23.4 Å². The van der Waals surface area contributed by atoms with Crippen molar-refractivity contribution in [1.82, 2.24) is 19.9 Å². The average Bonchev–Trinajstić information content (AvgIpc) is 3.69. The predicted octanol–water partition coefficient (Wildman–Crippen LogP) is 4.28. The monoisotopic (exact) mass is 515 g/mol. The van der Waals surface area contributed by atoms with Crippen LogP contribution in [-0.2, 0) is 22.7 Å². The molecule has 2 aliphatic rings. The van der Waals surface area contributed by atoms with Crippen LogP contribution in [0.5, 0.6) is 11.5 Å². The highest BCUT2D eigenvalue weighted by molar-refractivity contribution is 6.01. The number of anilines is 1. The second-order valence-corrected chi connectivity index (χ2v) is 9.57. The van der Waals surface area contributed by atoms with Crippen molar-refractivity contribution in [2.45, 2.75) is 44.3 Å². The Bertz CT molecular complexity index is 1510. The van der Waals surface area contributed by atoms with Crippen LogP contribution in [0.2, 0.25) is 0 Å². The molecule has 4 aromatic rings. The van der Waals surface area contributed by atoms with E-state index in [0.29, 0.717) is 46.6 Å². The molecule has 0 radical (unpaired) electrons. The zero-order valence-corrected chi connectivity index (χ0v) is 20.6. The number of ether oxygens (including phenoxy) is 2. The largest absolute Gasteiger partial charge is 0.454 e. The van der Waals surface area contributed by atoms with E-state index in [4.69, 9.17) is 9.47 Å². The number of nitrogens with zero attached hydrogens (tertiary/aromatic N) is 4. The fraction of sp³-hybridized carbons (Fsp3) is 0.286. The van der Waals surface area contributed by atoms with Gasteiger partial charge in [0, 0.05) is 23.9 Å². The molecule has 6 rings (SSSR count). The van der Waals surface area contributed by atoms with Crippen molar-refractivity contribution in [3.8, 4) is 11.5 Å². The summed E-state index contributed by atoms with van der Waals surface area (Å²) in [6, 6.07) is 18.8. The Morgan fingerprint density at radius 1 is 1.00 bits per heavy atom. The minimum atomic E-state index is -1.16. The van der Waals surface area contributed by atoms with Crippen LogP contribution in [0.3, 0.4) is 0 Å². The number of nitrogens with one attached hydrogen (secondary N) is 1. The minimum Gasteiger partial charge on any atom is -0.454 e. The van der Waals surface area contributed by atoms with E-state index in [9.17, 15) is 14.0 Å². The van der Waals surface area contributed by atoms with Gasteiger partial charge in [0.05, 0.1) is 5.52 Å². The third-order valence-electron chi connectivity index (χ3n) is 7.29. The van der Waals surface area contributed by atoms with Crippen molar-refractivity contribution >= 4 is 28.5 Å². The molecule has 10 heteroatoms. The Hall–Kier alpha value is -4.47. The quantitative estimate of drug-likeness (QED) is 0.395. The van der Waals surface area contributed by atoms with Crippen LogP contribution in [0.15, 0.2) is 66.7 Å². The van der Waals surface area contributed by atoms with Crippen molar-refractivity contribution in [2.24, 2.45) is 0 Å². The predicted molar refractivity (Wildman–Crippen MR) is 137 cm³/mol. The van der Waals surface area contributed by atoms with Gasteiger partial charge in [-0.05, 0) is 43.2 Å². The van der Waals surface area contributed by atoms with Gasteiger partial charge in [0.25, 0.3) is 0 Å². The highest BCUT2D eigenvalue weighted by Crippen LogP contribution is 2.39. The highest BCUT2D eigenvalue weighted by atomic mass is 19.1. The zero-order chi connectivity index (χ0) is 26.1. The van der Waals surface area contributed by atoms with E-state index >= 15 is 0 Å². The van der Waals surface area contributed by atoms with Gasteiger partial charge in [0.15, 0.2) is 11.5 Å². The lowest BCUT2D eigenvalue weighted by atomic mass is 9.92. The number of halogens is 1.